The van der Waals surface area contributed by atoms with Crippen LogP contribution in [0.4, 0.5) is 4.39 Å². The Balaban J connectivity index is 0.00000208. The van der Waals surface area contributed by atoms with Gasteiger partial charge in [-0.3, -0.25) is 4.90 Å². The molecule has 24 heavy (non-hydrogen) atoms. The smallest absolute Gasteiger partial charge is 0.123 e. The minimum Gasteiger partial charge on any atom is -0.320 e. The Hall–Kier alpha value is -1.01. The molecule has 1 aromatic carbocycles. The zero-order valence-corrected chi connectivity index (χ0v) is 15.6. The number of nitrogens with zero attached hydrogens (tertiary/aromatic N) is 2. The van der Waals surface area contributed by atoms with Crippen LogP contribution in [0.3, 0.4) is 0 Å². The topological polar surface area (TPSA) is 28.2 Å². The molecule has 0 spiro atoms. The fourth-order valence-corrected chi connectivity index (χ4v) is 3.93. The Morgan fingerprint density at radius 1 is 1.25 bits per heavy atom. The third-order valence-electron chi connectivity index (χ3n) is 4.54. The normalized spacial score (nSPS) is 16.1. The van der Waals surface area contributed by atoms with E-state index in [9.17, 15) is 4.39 Å². The van der Waals surface area contributed by atoms with E-state index in [4.69, 9.17) is 4.98 Å². The maximum absolute atomic E-state index is 13.0. The van der Waals surface area contributed by atoms with Crippen LogP contribution in [-0.4, -0.2) is 36.6 Å². The van der Waals surface area contributed by atoms with Crippen LogP contribution in [0.1, 0.15) is 25.0 Å². The summed E-state index contributed by atoms with van der Waals surface area (Å²) >= 11 is 1.64. The van der Waals surface area contributed by atoms with Crippen LogP contribution in [0.15, 0.2) is 29.6 Å². The minimum absolute atomic E-state index is 0. The standard InChI is InChI=1S/C18H24FN3S.ClH/c1-20-9-6-14-7-10-22(11-8-14)12-17-13-23-18(21-17)15-2-4-16(19)5-3-15;/h2-5,13-14,20H,6-12H2,1H3;1H. The van der Waals surface area contributed by atoms with Crippen LogP contribution >= 0.6 is 23.7 Å². The zero-order valence-electron chi connectivity index (χ0n) is 14.0. The maximum atomic E-state index is 13.0. The van der Waals surface area contributed by atoms with Crippen LogP contribution in [-0.2, 0) is 6.54 Å². The van der Waals surface area contributed by atoms with Crippen molar-refractivity contribution in [1.29, 1.82) is 0 Å². The van der Waals surface area contributed by atoms with Crippen LogP contribution in [0.25, 0.3) is 10.6 Å². The first kappa shape index (κ1) is 19.3. The summed E-state index contributed by atoms with van der Waals surface area (Å²) in [5, 5.41) is 6.35. The van der Waals surface area contributed by atoms with Crippen molar-refractivity contribution in [2.75, 3.05) is 26.7 Å². The predicted octanol–water partition coefficient (Wildman–Crippen LogP) is 4.19. The Morgan fingerprint density at radius 3 is 2.62 bits per heavy atom. The molecule has 0 radical (unpaired) electrons. The number of aromatic nitrogens is 1. The van der Waals surface area contributed by atoms with Crippen molar-refractivity contribution in [2.45, 2.75) is 25.8 Å². The molecule has 3 rings (SSSR count). The van der Waals surface area contributed by atoms with Crippen LogP contribution in [0.2, 0.25) is 0 Å². The number of rotatable bonds is 6. The molecule has 3 nitrogen and oxygen atoms in total. The fraction of sp³-hybridized carbons (Fsp3) is 0.500. The lowest BCUT2D eigenvalue weighted by atomic mass is 9.93. The zero-order chi connectivity index (χ0) is 16.1. The molecule has 0 aliphatic carbocycles. The molecule has 1 aliphatic rings. The number of likely N-dealkylation sites (tertiary alicyclic amines) is 1. The van der Waals surface area contributed by atoms with Gasteiger partial charge >= 0.3 is 0 Å². The number of piperidine rings is 1. The molecule has 1 fully saturated rings. The Morgan fingerprint density at radius 2 is 1.96 bits per heavy atom. The monoisotopic (exact) mass is 369 g/mol. The van der Waals surface area contributed by atoms with Gasteiger partial charge in [0, 0.05) is 17.5 Å². The second kappa shape index (κ2) is 9.47. The van der Waals surface area contributed by atoms with Gasteiger partial charge in [-0.15, -0.1) is 23.7 Å². The average molecular weight is 370 g/mol. The van der Waals surface area contributed by atoms with Crippen molar-refractivity contribution < 1.29 is 4.39 Å². The molecule has 1 aromatic heterocycles. The van der Waals surface area contributed by atoms with Gasteiger partial charge in [0.2, 0.25) is 0 Å². The van der Waals surface area contributed by atoms with Gasteiger partial charge in [-0.2, -0.15) is 0 Å². The summed E-state index contributed by atoms with van der Waals surface area (Å²) in [6, 6.07) is 6.58. The highest BCUT2D eigenvalue weighted by Gasteiger charge is 2.19. The van der Waals surface area contributed by atoms with E-state index in [1.165, 1.54) is 31.4 Å². The molecule has 0 bridgehead atoms. The van der Waals surface area contributed by atoms with Gasteiger partial charge in [-0.05, 0) is 76.1 Å². The van der Waals surface area contributed by atoms with E-state index in [1.54, 1.807) is 23.5 Å². The van der Waals surface area contributed by atoms with Crippen molar-refractivity contribution in [3.8, 4) is 10.6 Å². The van der Waals surface area contributed by atoms with Crippen molar-refractivity contribution in [1.82, 2.24) is 15.2 Å². The summed E-state index contributed by atoms with van der Waals surface area (Å²) in [6.45, 7) is 4.38. The van der Waals surface area contributed by atoms with Crippen LogP contribution in [0, 0.1) is 11.7 Å². The molecular weight excluding hydrogens is 345 g/mol. The quantitative estimate of drug-likeness (QED) is 0.827. The fourth-order valence-electron chi connectivity index (χ4n) is 3.12. The summed E-state index contributed by atoms with van der Waals surface area (Å²) < 4.78 is 13.0. The third kappa shape index (κ3) is 5.24. The lowest BCUT2D eigenvalue weighted by molar-refractivity contribution is 0.171. The molecule has 2 aromatic rings. The van der Waals surface area contributed by atoms with Gasteiger partial charge in [0.25, 0.3) is 0 Å². The highest BCUT2D eigenvalue weighted by atomic mass is 35.5. The second-order valence-electron chi connectivity index (χ2n) is 6.26. The molecule has 0 atom stereocenters. The number of halogens is 2. The van der Waals surface area contributed by atoms with E-state index in [-0.39, 0.29) is 18.2 Å². The molecule has 2 heterocycles. The van der Waals surface area contributed by atoms with Gasteiger partial charge in [0.1, 0.15) is 10.8 Å². The summed E-state index contributed by atoms with van der Waals surface area (Å²) in [4.78, 5) is 7.22. The first-order chi connectivity index (χ1) is 11.2. The Bertz CT molecular complexity index is 609. The summed E-state index contributed by atoms with van der Waals surface area (Å²) in [6.07, 6.45) is 3.86. The number of hydrogen-bond donors (Lipinski definition) is 1. The molecule has 1 saturated heterocycles. The first-order valence-corrected chi connectivity index (χ1v) is 9.20. The van der Waals surface area contributed by atoms with E-state index in [0.717, 1.165) is 48.4 Å². The van der Waals surface area contributed by atoms with E-state index < -0.39 is 0 Å². The number of nitrogens with one attached hydrogen (secondary N) is 1. The summed E-state index contributed by atoms with van der Waals surface area (Å²) in [7, 11) is 2.02. The van der Waals surface area contributed by atoms with Crippen molar-refractivity contribution in [2.24, 2.45) is 5.92 Å². The van der Waals surface area contributed by atoms with E-state index in [1.807, 2.05) is 7.05 Å². The summed E-state index contributed by atoms with van der Waals surface area (Å²) in [5.41, 5.74) is 2.12. The summed E-state index contributed by atoms with van der Waals surface area (Å²) in [5.74, 6) is 0.663. The van der Waals surface area contributed by atoms with Gasteiger partial charge in [-0.25, -0.2) is 9.37 Å². The van der Waals surface area contributed by atoms with Crippen molar-refractivity contribution >= 4 is 23.7 Å². The molecule has 1 N–H and O–H groups in total. The molecule has 6 heteroatoms. The number of hydrogen-bond acceptors (Lipinski definition) is 4. The Labute approximate surface area is 153 Å². The molecular formula is C18H25ClFN3S. The van der Waals surface area contributed by atoms with Crippen LogP contribution in [0.5, 0.6) is 0 Å². The second-order valence-corrected chi connectivity index (χ2v) is 7.12. The van der Waals surface area contributed by atoms with Gasteiger partial charge in [0.15, 0.2) is 0 Å². The lowest BCUT2D eigenvalue weighted by Gasteiger charge is -2.31. The van der Waals surface area contributed by atoms with Gasteiger partial charge in [-0.1, -0.05) is 0 Å². The third-order valence-corrected chi connectivity index (χ3v) is 5.48. The minimum atomic E-state index is -0.202. The molecule has 0 unspecified atom stereocenters. The first-order valence-electron chi connectivity index (χ1n) is 8.32. The van der Waals surface area contributed by atoms with Crippen LogP contribution < -0.4 is 5.32 Å². The average Bonchev–Trinajstić information content (AvgIpc) is 3.03. The van der Waals surface area contributed by atoms with E-state index in [0.29, 0.717) is 0 Å². The Kier molecular flexibility index (Phi) is 7.62. The van der Waals surface area contributed by atoms with E-state index in [2.05, 4.69) is 15.6 Å². The van der Waals surface area contributed by atoms with Gasteiger partial charge < -0.3 is 5.32 Å². The molecule has 132 valence electrons. The van der Waals surface area contributed by atoms with Gasteiger partial charge in [0.05, 0.1) is 5.69 Å². The lowest BCUT2D eigenvalue weighted by Crippen LogP contribution is -2.34. The molecule has 1 aliphatic heterocycles. The van der Waals surface area contributed by atoms with E-state index >= 15 is 0 Å². The maximum Gasteiger partial charge on any atom is 0.123 e. The van der Waals surface area contributed by atoms with Crippen molar-refractivity contribution in [3.05, 3.63) is 41.2 Å². The number of benzene rings is 1. The highest BCUT2D eigenvalue weighted by Crippen LogP contribution is 2.26. The molecule has 0 amide bonds. The highest BCUT2D eigenvalue weighted by molar-refractivity contribution is 7.13. The predicted molar refractivity (Wildman–Crippen MR) is 101 cm³/mol. The largest absolute Gasteiger partial charge is 0.320 e. The van der Waals surface area contributed by atoms with Crippen molar-refractivity contribution in [3.63, 3.8) is 0 Å². The SMILES string of the molecule is CNCCC1CCN(Cc2csc(-c3ccc(F)cc3)n2)CC1.Cl. The molecule has 0 saturated carbocycles. The number of thiazole rings is 1.